The third-order valence-electron chi connectivity index (χ3n) is 1.93. The summed E-state index contributed by atoms with van der Waals surface area (Å²) in [6.07, 6.45) is 0. The van der Waals surface area contributed by atoms with Crippen molar-refractivity contribution < 1.29 is 9.59 Å². The number of hydrogen-bond acceptors (Lipinski definition) is 2. The second kappa shape index (κ2) is 3.31. The summed E-state index contributed by atoms with van der Waals surface area (Å²) in [6, 6.07) is 4.90. The SMILES string of the molecule is O=C1CNC(=O)c2cccc(Cl)c2N1. The Hall–Kier alpha value is -1.55. The van der Waals surface area contributed by atoms with Gasteiger partial charge in [0.25, 0.3) is 5.91 Å². The fourth-order valence-electron chi connectivity index (χ4n) is 1.28. The van der Waals surface area contributed by atoms with Gasteiger partial charge in [-0.2, -0.15) is 0 Å². The Morgan fingerprint density at radius 1 is 1.29 bits per heavy atom. The predicted molar refractivity (Wildman–Crippen MR) is 52.4 cm³/mol. The Kier molecular flexibility index (Phi) is 2.13. The second-order valence-electron chi connectivity index (χ2n) is 2.89. The number of amides is 2. The average molecular weight is 211 g/mol. The largest absolute Gasteiger partial charge is 0.343 e. The smallest absolute Gasteiger partial charge is 0.253 e. The maximum atomic E-state index is 11.4. The van der Waals surface area contributed by atoms with E-state index in [9.17, 15) is 9.59 Å². The van der Waals surface area contributed by atoms with Gasteiger partial charge < -0.3 is 10.6 Å². The van der Waals surface area contributed by atoms with Crippen molar-refractivity contribution in [1.82, 2.24) is 5.32 Å². The standard InChI is InChI=1S/C9H7ClN2O2/c10-6-3-1-2-5-8(6)12-7(13)4-11-9(5)14/h1-3H,4H2,(H,11,14)(H,12,13). The van der Waals surface area contributed by atoms with Gasteiger partial charge in [-0.1, -0.05) is 17.7 Å². The molecule has 2 rings (SSSR count). The van der Waals surface area contributed by atoms with Crippen LogP contribution in [0.4, 0.5) is 5.69 Å². The molecule has 0 aromatic heterocycles. The van der Waals surface area contributed by atoms with E-state index in [0.717, 1.165) is 0 Å². The van der Waals surface area contributed by atoms with E-state index < -0.39 is 0 Å². The predicted octanol–water partition coefficient (Wildman–Crippen LogP) is 1.02. The van der Waals surface area contributed by atoms with Crippen molar-refractivity contribution in [1.29, 1.82) is 0 Å². The van der Waals surface area contributed by atoms with Gasteiger partial charge in [0.15, 0.2) is 0 Å². The maximum Gasteiger partial charge on any atom is 0.253 e. The van der Waals surface area contributed by atoms with Gasteiger partial charge in [0.05, 0.1) is 22.8 Å². The maximum absolute atomic E-state index is 11.4. The van der Waals surface area contributed by atoms with E-state index in [1.807, 2.05) is 0 Å². The van der Waals surface area contributed by atoms with Crippen molar-refractivity contribution in [2.24, 2.45) is 0 Å². The number of fused-ring (bicyclic) bond motifs is 1. The summed E-state index contributed by atoms with van der Waals surface area (Å²) in [5.74, 6) is -0.564. The Morgan fingerprint density at radius 3 is 2.86 bits per heavy atom. The zero-order chi connectivity index (χ0) is 10.1. The summed E-state index contributed by atoms with van der Waals surface area (Å²) >= 11 is 5.85. The third-order valence-corrected chi connectivity index (χ3v) is 2.25. The fraction of sp³-hybridized carbons (Fsp3) is 0.111. The fourth-order valence-corrected chi connectivity index (χ4v) is 1.50. The summed E-state index contributed by atoms with van der Waals surface area (Å²) in [6.45, 7) is -0.0240. The molecule has 0 unspecified atom stereocenters. The van der Waals surface area contributed by atoms with Crippen molar-refractivity contribution >= 4 is 29.1 Å². The van der Waals surface area contributed by atoms with Crippen LogP contribution in [0.3, 0.4) is 0 Å². The molecular formula is C9H7ClN2O2. The highest BCUT2D eigenvalue weighted by Gasteiger charge is 2.20. The molecule has 0 radical (unpaired) electrons. The minimum Gasteiger partial charge on any atom is -0.343 e. The molecule has 0 fully saturated rings. The highest BCUT2D eigenvalue weighted by molar-refractivity contribution is 6.35. The van der Waals surface area contributed by atoms with Gasteiger partial charge in [0, 0.05) is 0 Å². The lowest BCUT2D eigenvalue weighted by molar-refractivity contribution is -0.115. The number of nitrogens with one attached hydrogen (secondary N) is 2. The molecule has 0 bridgehead atoms. The van der Waals surface area contributed by atoms with E-state index in [0.29, 0.717) is 16.3 Å². The first-order chi connectivity index (χ1) is 6.68. The van der Waals surface area contributed by atoms with Crippen LogP contribution in [-0.2, 0) is 4.79 Å². The highest BCUT2D eigenvalue weighted by atomic mass is 35.5. The molecule has 2 amide bonds. The van der Waals surface area contributed by atoms with Gasteiger partial charge in [0.1, 0.15) is 0 Å². The summed E-state index contributed by atoms with van der Waals surface area (Å²) in [5.41, 5.74) is 0.775. The number of para-hydroxylation sites is 1. The molecule has 72 valence electrons. The molecule has 1 aliphatic rings. The molecule has 2 N–H and O–H groups in total. The number of benzene rings is 1. The van der Waals surface area contributed by atoms with Crippen LogP contribution in [0, 0.1) is 0 Å². The summed E-state index contributed by atoms with van der Waals surface area (Å²) in [5, 5.41) is 5.40. The second-order valence-corrected chi connectivity index (χ2v) is 3.30. The van der Waals surface area contributed by atoms with Crippen LogP contribution in [0.15, 0.2) is 18.2 Å². The Morgan fingerprint density at radius 2 is 2.07 bits per heavy atom. The number of carbonyl (C=O) groups is 2. The molecule has 0 aliphatic carbocycles. The van der Waals surface area contributed by atoms with Gasteiger partial charge in [0.2, 0.25) is 5.91 Å². The number of halogens is 1. The van der Waals surface area contributed by atoms with Crippen molar-refractivity contribution in [2.75, 3.05) is 11.9 Å². The minimum atomic E-state index is -0.291. The lowest BCUT2D eigenvalue weighted by atomic mass is 10.1. The first kappa shape index (κ1) is 9.02. The van der Waals surface area contributed by atoms with E-state index in [4.69, 9.17) is 11.6 Å². The van der Waals surface area contributed by atoms with Gasteiger partial charge in [-0.15, -0.1) is 0 Å². The molecule has 0 saturated carbocycles. The molecule has 1 aromatic carbocycles. The molecule has 0 atom stereocenters. The van der Waals surface area contributed by atoms with Crippen LogP contribution in [-0.4, -0.2) is 18.4 Å². The van der Waals surface area contributed by atoms with E-state index >= 15 is 0 Å². The van der Waals surface area contributed by atoms with E-state index in [1.54, 1.807) is 18.2 Å². The van der Waals surface area contributed by atoms with E-state index in [1.165, 1.54) is 0 Å². The van der Waals surface area contributed by atoms with Gasteiger partial charge in [-0.05, 0) is 12.1 Å². The van der Waals surface area contributed by atoms with E-state index in [-0.39, 0.29) is 18.4 Å². The van der Waals surface area contributed by atoms with Crippen LogP contribution in [0.5, 0.6) is 0 Å². The number of hydrogen-bond donors (Lipinski definition) is 2. The molecular weight excluding hydrogens is 204 g/mol. The van der Waals surface area contributed by atoms with Crippen molar-refractivity contribution in [2.45, 2.75) is 0 Å². The molecule has 4 nitrogen and oxygen atoms in total. The van der Waals surface area contributed by atoms with Gasteiger partial charge in [-0.25, -0.2) is 0 Å². The average Bonchev–Trinajstić information content (AvgIpc) is 2.30. The number of carbonyl (C=O) groups excluding carboxylic acids is 2. The zero-order valence-electron chi connectivity index (χ0n) is 7.13. The normalized spacial score (nSPS) is 15.2. The molecule has 0 saturated heterocycles. The lowest BCUT2D eigenvalue weighted by Gasteiger charge is -2.05. The molecule has 1 heterocycles. The van der Waals surface area contributed by atoms with Crippen LogP contribution in [0.1, 0.15) is 10.4 Å². The Bertz CT molecular complexity index is 417. The topological polar surface area (TPSA) is 58.2 Å². The van der Waals surface area contributed by atoms with Crippen LogP contribution in [0.2, 0.25) is 5.02 Å². The van der Waals surface area contributed by atoms with Crippen LogP contribution in [0.25, 0.3) is 0 Å². The number of rotatable bonds is 0. The monoisotopic (exact) mass is 210 g/mol. The Labute approximate surface area is 85.2 Å². The molecule has 0 spiro atoms. The van der Waals surface area contributed by atoms with Crippen LogP contribution < -0.4 is 10.6 Å². The molecule has 5 heteroatoms. The Balaban J connectivity index is 2.57. The highest BCUT2D eigenvalue weighted by Crippen LogP contribution is 2.26. The third kappa shape index (κ3) is 1.44. The summed E-state index contributed by atoms with van der Waals surface area (Å²) in [4.78, 5) is 22.6. The summed E-state index contributed by atoms with van der Waals surface area (Å²) in [7, 11) is 0. The molecule has 1 aromatic rings. The van der Waals surface area contributed by atoms with E-state index in [2.05, 4.69) is 10.6 Å². The van der Waals surface area contributed by atoms with Gasteiger partial charge >= 0.3 is 0 Å². The number of anilines is 1. The minimum absolute atomic E-state index is 0.0240. The van der Waals surface area contributed by atoms with Gasteiger partial charge in [-0.3, -0.25) is 9.59 Å². The molecule has 1 aliphatic heterocycles. The lowest BCUT2D eigenvalue weighted by Crippen LogP contribution is -2.28. The first-order valence-electron chi connectivity index (χ1n) is 4.05. The van der Waals surface area contributed by atoms with Crippen molar-refractivity contribution in [3.05, 3.63) is 28.8 Å². The quantitative estimate of drug-likeness (QED) is 0.672. The first-order valence-corrected chi connectivity index (χ1v) is 4.43. The van der Waals surface area contributed by atoms with Crippen LogP contribution >= 0.6 is 11.6 Å². The zero-order valence-corrected chi connectivity index (χ0v) is 7.89. The van der Waals surface area contributed by atoms with Crippen molar-refractivity contribution in [3.8, 4) is 0 Å². The molecule has 14 heavy (non-hydrogen) atoms. The van der Waals surface area contributed by atoms with Crippen molar-refractivity contribution in [3.63, 3.8) is 0 Å². The summed E-state index contributed by atoms with van der Waals surface area (Å²) < 4.78 is 0.